The van der Waals surface area contributed by atoms with Crippen LogP contribution < -0.4 is 5.73 Å². The number of hydrogen-bond acceptors (Lipinski definition) is 2. The van der Waals surface area contributed by atoms with Gasteiger partial charge in [0.15, 0.2) is 0 Å². The molecule has 0 spiro atoms. The summed E-state index contributed by atoms with van der Waals surface area (Å²) >= 11 is 3.48. The van der Waals surface area contributed by atoms with E-state index in [9.17, 15) is 0 Å². The SMILES string of the molecule is Cc1ccc(-c2cc(N)n[nH]2)cc1Br. The number of anilines is 1. The van der Waals surface area contributed by atoms with E-state index in [-0.39, 0.29) is 0 Å². The Labute approximate surface area is 90.5 Å². The molecule has 14 heavy (non-hydrogen) atoms. The van der Waals surface area contributed by atoms with Crippen molar-refractivity contribution in [2.24, 2.45) is 0 Å². The van der Waals surface area contributed by atoms with Crippen LogP contribution in [0.15, 0.2) is 28.7 Å². The second-order valence-electron chi connectivity index (χ2n) is 3.17. The molecule has 0 saturated heterocycles. The molecule has 0 fully saturated rings. The molecule has 2 aromatic rings. The molecule has 72 valence electrons. The van der Waals surface area contributed by atoms with Gasteiger partial charge in [-0.15, -0.1) is 0 Å². The van der Waals surface area contributed by atoms with Gasteiger partial charge in [-0.1, -0.05) is 28.1 Å². The minimum absolute atomic E-state index is 0.511. The number of nitrogens with two attached hydrogens (primary N) is 1. The lowest BCUT2D eigenvalue weighted by molar-refractivity contribution is 1.10. The first kappa shape index (κ1) is 9.27. The van der Waals surface area contributed by atoms with Crippen LogP contribution in [0.4, 0.5) is 5.82 Å². The quantitative estimate of drug-likeness (QED) is 0.819. The minimum Gasteiger partial charge on any atom is -0.382 e. The molecule has 1 aromatic heterocycles. The van der Waals surface area contributed by atoms with Crippen LogP contribution in [0.1, 0.15) is 5.56 Å². The zero-order valence-corrected chi connectivity index (χ0v) is 9.30. The summed E-state index contributed by atoms with van der Waals surface area (Å²) < 4.78 is 1.09. The summed E-state index contributed by atoms with van der Waals surface area (Å²) in [5, 5.41) is 6.76. The maximum absolute atomic E-state index is 5.53. The number of rotatable bonds is 1. The summed E-state index contributed by atoms with van der Waals surface area (Å²) in [5.41, 5.74) is 8.75. The van der Waals surface area contributed by atoms with Gasteiger partial charge >= 0.3 is 0 Å². The van der Waals surface area contributed by atoms with Crippen molar-refractivity contribution in [3.63, 3.8) is 0 Å². The minimum atomic E-state index is 0.511. The van der Waals surface area contributed by atoms with Crippen LogP contribution in [0.2, 0.25) is 0 Å². The average molecular weight is 252 g/mol. The average Bonchev–Trinajstić information content (AvgIpc) is 2.57. The van der Waals surface area contributed by atoms with Crippen molar-refractivity contribution in [3.05, 3.63) is 34.3 Å². The van der Waals surface area contributed by atoms with Crippen molar-refractivity contribution in [2.75, 3.05) is 5.73 Å². The van der Waals surface area contributed by atoms with E-state index in [2.05, 4.69) is 39.1 Å². The fourth-order valence-electron chi connectivity index (χ4n) is 1.25. The van der Waals surface area contributed by atoms with Gasteiger partial charge in [0.2, 0.25) is 0 Å². The zero-order chi connectivity index (χ0) is 10.1. The van der Waals surface area contributed by atoms with E-state index in [1.165, 1.54) is 5.56 Å². The summed E-state index contributed by atoms with van der Waals surface area (Å²) in [5.74, 6) is 0.511. The summed E-state index contributed by atoms with van der Waals surface area (Å²) in [6, 6.07) is 7.95. The Morgan fingerprint density at radius 1 is 1.36 bits per heavy atom. The Kier molecular flexibility index (Phi) is 2.29. The third kappa shape index (κ3) is 1.65. The number of H-pyrrole nitrogens is 1. The predicted octanol–water partition coefficient (Wildman–Crippen LogP) is 2.73. The van der Waals surface area contributed by atoms with E-state index in [1.54, 1.807) is 0 Å². The van der Waals surface area contributed by atoms with Gasteiger partial charge in [-0.25, -0.2) is 0 Å². The van der Waals surface area contributed by atoms with Crippen LogP contribution in [-0.2, 0) is 0 Å². The van der Waals surface area contributed by atoms with Crippen molar-refractivity contribution >= 4 is 21.7 Å². The largest absolute Gasteiger partial charge is 0.382 e. The second-order valence-corrected chi connectivity index (χ2v) is 4.02. The lowest BCUT2D eigenvalue weighted by Gasteiger charge is -2.00. The molecule has 0 bridgehead atoms. The van der Waals surface area contributed by atoms with Gasteiger partial charge < -0.3 is 5.73 Å². The molecule has 0 saturated carbocycles. The van der Waals surface area contributed by atoms with Crippen LogP contribution in [-0.4, -0.2) is 10.2 Å². The monoisotopic (exact) mass is 251 g/mol. The number of benzene rings is 1. The van der Waals surface area contributed by atoms with E-state index in [0.29, 0.717) is 5.82 Å². The number of nitrogens with one attached hydrogen (secondary N) is 1. The first-order valence-corrected chi connectivity index (χ1v) is 5.03. The smallest absolute Gasteiger partial charge is 0.145 e. The number of nitrogens with zero attached hydrogens (tertiary/aromatic N) is 1. The topological polar surface area (TPSA) is 54.7 Å². The Morgan fingerprint density at radius 2 is 2.14 bits per heavy atom. The van der Waals surface area contributed by atoms with Gasteiger partial charge in [-0.05, 0) is 18.6 Å². The van der Waals surface area contributed by atoms with Crippen molar-refractivity contribution < 1.29 is 0 Å². The lowest BCUT2D eigenvalue weighted by Crippen LogP contribution is -1.81. The van der Waals surface area contributed by atoms with Crippen LogP contribution in [0.5, 0.6) is 0 Å². The molecule has 0 radical (unpaired) electrons. The fourth-order valence-corrected chi connectivity index (χ4v) is 1.62. The number of aromatic nitrogens is 2. The van der Waals surface area contributed by atoms with Gasteiger partial charge in [-0.2, -0.15) is 5.10 Å². The molecular formula is C10H10BrN3. The molecule has 0 aliphatic carbocycles. The molecule has 3 N–H and O–H groups in total. The third-order valence-electron chi connectivity index (χ3n) is 2.08. The van der Waals surface area contributed by atoms with Gasteiger partial charge in [0, 0.05) is 16.1 Å². The van der Waals surface area contributed by atoms with Crippen LogP contribution in [0.3, 0.4) is 0 Å². The van der Waals surface area contributed by atoms with Gasteiger partial charge in [0.25, 0.3) is 0 Å². The Balaban J connectivity index is 2.47. The number of nitrogen functional groups attached to an aromatic ring is 1. The summed E-state index contributed by atoms with van der Waals surface area (Å²) in [4.78, 5) is 0. The van der Waals surface area contributed by atoms with Gasteiger partial charge in [-0.3, -0.25) is 5.10 Å². The highest BCUT2D eigenvalue weighted by Gasteiger charge is 2.02. The van der Waals surface area contributed by atoms with Gasteiger partial charge in [0.1, 0.15) is 5.82 Å². The molecule has 3 nitrogen and oxygen atoms in total. The maximum atomic E-state index is 5.53. The molecule has 0 unspecified atom stereocenters. The lowest BCUT2D eigenvalue weighted by atomic mass is 10.1. The maximum Gasteiger partial charge on any atom is 0.145 e. The van der Waals surface area contributed by atoms with Crippen molar-refractivity contribution in [1.82, 2.24) is 10.2 Å². The van der Waals surface area contributed by atoms with E-state index >= 15 is 0 Å². The van der Waals surface area contributed by atoms with Gasteiger partial charge in [0.05, 0.1) is 5.69 Å². The standard InChI is InChI=1S/C10H10BrN3/c1-6-2-3-7(4-8(6)11)9-5-10(12)14-13-9/h2-5H,1H3,(H3,12,13,14). The predicted molar refractivity (Wildman–Crippen MR) is 60.9 cm³/mol. The Morgan fingerprint density at radius 3 is 2.71 bits per heavy atom. The summed E-state index contributed by atoms with van der Waals surface area (Å²) in [7, 11) is 0. The zero-order valence-electron chi connectivity index (χ0n) is 7.71. The molecular weight excluding hydrogens is 242 g/mol. The Hall–Kier alpha value is -1.29. The van der Waals surface area contributed by atoms with E-state index in [1.807, 2.05) is 18.2 Å². The van der Waals surface area contributed by atoms with E-state index < -0.39 is 0 Å². The van der Waals surface area contributed by atoms with Crippen molar-refractivity contribution in [2.45, 2.75) is 6.92 Å². The van der Waals surface area contributed by atoms with Crippen LogP contribution in [0, 0.1) is 6.92 Å². The Bertz CT molecular complexity index is 462. The van der Waals surface area contributed by atoms with Crippen LogP contribution in [0.25, 0.3) is 11.3 Å². The normalized spacial score (nSPS) is 10.4. The summed E-state index contributed by atoms with van der Waals surface area (Å²) in [6.07, 6.45) is 0. The highest BCUT2D eigenvalue weighted by Crippen LogP contribution is 2.24. The molecule has 0 aliphatic heterocycles. The van der Waals surface area contributed by atoms with E-state index in [4.69, 9.17) is 5.73 Å². The fraction of sp³-hybridized carbons (Fsp3) is 0.100. The van der Waals surface area contributed by atoms with E-state index in [0.717, 1.165) is 15.7 Å². The first-order chi connectivity index (χ1) is 6.66. The van der Waals surface area contributed by atoms with Crippen molar-refractivity contribution in [1.29, 1.82) is 0 Å². The molecule has 0 amide bonds. The number of hydrogen-bond donors (Lipinski definition) is 2. The first-order valence-electron chi connectivity index (χ1n) is 4.24. The number of aryl methyl sites for hydroxylation is 1. The second kappa shape index (κ2) is 3.46. The van der Waals surface area contributed by atoms with Crippen molar-refractivity contribution in [3.8, 4) is 11.3 Å². The molecule has 1 heterocycles. The molecule has 0 atom stereocenters. The van der Waals surface area contributed by atoms with Crippen LogP contribution >= 0.6 is 15.9 Å². The third-order valence-corrected chi connectivity index (χ3v) is 2.93. The molecule has 0 aliphatic rings. The number of aromatic amines is 1. The summed E-state index contributed by atoms with van der Waals surface area (Å²) in [6.45, 7) is 2.05. The highest BCUT2D eigenvalue weighted by atomic mass is 79.9. The highest BCUT2D eigenvalue weighted by molar-refractivity contribution is 9.10. The number of halogens is 1. The molecule has 4 heteroatoms. The molecule has 2 rings (SSSR count). The molecule has 1 aromatic carbocycles.